The summed E-state index contributed by atoms with van der Waals surface area (Å²) >= 11 is 0. The zero-order valence-corrected chi connectivity index (χ0v) is 11.1. The van der Waals surface area contributed by atoms with Crippen molar-refractivity contribution in [3.8, 4) is 0 Å². The molecule has 16 heavy (non-hydrogen) atoms. The highest BCUT2D eigenvalue weighted by Gasteiger charge is 2.16. The van der Waals surface area contributed by atoms with Crippen molar-refractivity contribution in [2.45, 2.75) is 40.2 Å². The van der Waals surface area contributed by atoms with Gasteiger partial charge < -0.3 is 11.1 Å². The Morgan fingerprint density at radius 3 is 2.00 bits per heavy atom. The number of aryl methyl sites for hydroxylation is 2. The van der Waals surface area contributed by atoms with E-state index in [1.54, 1.807) is 0 Å². The molecule has 0 bridgehead atoms. The summed E-state index contributed by atoms with van der Waals surface area (Å²) in [7, 11) is 2.01. The van der Waals surface area contributed by atoms with Crippen LogP contribution in [-0.2, 0) is 0 Å². The topological polar surface area (TPSA) is 38.0 Å². The summed E-state index contributed by atoms with van der Waals surface area (Å²) in [4.78, 5) is 0. The Balaban J connectivity index is 3.29. The lowest BCUT2D eigenvalue weighted by atomic mass is 9.88. The van der Waals surface area contributed by atoms with Gasteiger partial charge in [0.15, 0.2) is 0 Å². The van der Waals surface area contributed by atoms with Crippen molar-refractivity contribution < 1.29 is 0 Å². The minimum atomic E-state index is 0.378. The molecule has 0 amide bonds. The van der Waals surface area contributed by atoms with Crippen molar-refractivity contribution in [3.05, 3.63) is 33.9 Å². The Kier molecular flexibility index (Phi) is 4.51. The molecule has 2 heteroatoms. The molecule has 0 aliphatic carbocycles. The highest BCUT2D eigenvalue weighted by atomic mass is 14.9. The highest BCUT2D eigenvalue weighted by molar-refractivity contribution is 5.45. The molecule has 0 aliphatic rings. The van der Waals surface area contributed by atoms with Gasteiger partial charge in [-0.15, -0.1) is 0 Å². The van der Waals surface area contributed by atoms with Crippen LogP contribution in [0.15, 0.2) is 6.07 Å². The van der Waals surface area contributed by atoms with Gasteiger partial charge in [-0.3, -0.25) is 0 Å². The molecule has 2 nitrogen and oxygen atoms in total. The number of benzene rings is 1. The van der Waals surface area contributed by atoms with Gasteiger partial charge in [0.1, 0.15) is 0 Å². The normalized spacial score (nSPS) is 12.9. The zero-order chi connectivity index (χ0) is 12.3. The van der Waals surface area contributed by atoms with Gasteiger partial charge in [-0.1, -0.05) is 6.07 Å². The number of hydrogen-bond acceptors (Lipinski definition) is 2. The summed E-state index contributed by atoms with van der Waals surface area (Å²) in [6.07, 6.45) is 0.987. The number of nitrogens with two attached hydrogens (primary N) is 1. The average Bonchev–Trinajstić information content (AvgIpc) is 2.25. The van der Waals surface area contributed by atoms with Gasteiger partial charge in [0.25, 0.3) is 0 Å². The van der Waals surface area contributed by atoms with Gasteiger partial charge in [0.2, 0.25) is 0 Å². The van der Waals surface area contributed by atoms with Crippen LogP contribution in [-0.4, -0.2) is 13.6 Å². The largest absolute Gasteiger partial charge is 0.330 e. The van der Waals surface area contributed by atoms with E-state index in [0.717, 1.165) is 13.0 Å². The molecule has 0 saturated heterocycles. The molecule has 90 valence electrons. The zero-order valence-electron chi connectivity index (χ0n) is 11.1. The van der Waals surface area contributed by atoms with E-state index in [4.69, 9.17) is 5.73 Å². The van der Waals surface area contributed by atoms with Crippen LogP contribution in [0.1, 0.15) is 40.3 Å². The van der Waals surface area contributed by atoms with Crippen molar-refractivity contribution in [2.75, 3.05) is 13.6 Å². The molecule has 0 fully saturated rings. The lowest BCUT2D eigenvalue weighted by Gasteiger charge is -2.23. The molecule has 0 heterocycles. The van der Waals surface area contributed by atoms with Crippen LogP contribution in [0.3, 0.4) is 0 Å². The van der Waals surface area contributed by atoms with E-state index in [-0.39, 0.29) is 0 Å². The first kappa shape index (κ1) is 13.2. The monoisotopic (exact) mass is 220 g/mol. The second-order valence-corrected chi connectivity index (χ2v) is 4.59. The number of nitrogens with one attached hydrogen (secondary N) is 1. The van der Waals surface area contributed by atoms with Gasteiger partial charge in [-0.2, -0.15) is 0 Å². The first-order valence-corrected chi connectivity index (χ1v) is 5.97. The lowest BCUT2D eigenvalue weighted by molar-refractivity contribution is 0.550. The maximum atomic E-state index is 5.68. The third kappa shape index (κ3) is 2.45. The van der Waals surface area contributed by atoms with Crippen LogP contribution in [0.25, 0.3) is 0 Å². The Morgan fingerprint density at radius 1 is 1.12 bits per heavy atom. The molecule has 3 N–H and O–H groups in total. The summed E-state index contributed by atoms with van der Waals surface area (Å²) < 4.78 is 0. The van der Waals surface area contributed by atoms with Crippen molar-refractivity contribution in [1.29, 1.82) is 0 Å². The molecule has 0 spiro atoms. The minimum absolute atomic E-state index is 0.378. The molecule has 1 aromatic carbocycles. The van der Waals surface area contributed by atoms with Gasteiger partial charge >= 0.3 is 0 Å². The molecule has 0 aliphatic heterocycles. The highest BCUT2D eigenvalue weighted by Crippen LogP contribution is 2.28. The third-order valence-corrected chi connectivity index (χ3v) is 3.58. The maximum absolute atomic E-state index is 5.68. The molecule has 0 radical (unpaired) electrons. The van der Waals surface area contributed by atoms with Gasteiger partial charge in [-0.05, 0) is 75.5 Å². The lowest BCUT2D eigenvalue weighted by Crippen LogP contribution is -2.22. The van der Waals surface area contributed by atoms with Gasteiger partial charge in [0.05, 0.1) is 0 Å². The minimum Gasteiger partial charge on any atom is -0.330 e. The van der Waals surface area contributed by atoms with Crippen LogP contribution in [0.5, 0.6) is 0 Å². The Bertz CT molecular complexity index is 343. The standard InChI is InChI=1S/C14H24N2/c1-9-8-10(2)12(4)14(11(9)3)13(16-5)6-7-15/h8,13,16H,6-7,15H2,1-5H3. The molecule has 1 rings (SSSR count). The van der Waals surface area contributed by atoms with Crippen LogP contribution in [0.2, 0.25) is 0 Å². The SMILES string of the molecule is CNC(CCN)c1c(C)c(C)cc(C)c1C. The van der Waals surface area contributed by atoms with E-state index in [2.05, 4.69) is 39.1 Å². The molecule has 1 unspecified atom stereocenters. The van der Waals surface area contributed by atoms with Crippen LogP contribution >= 0.6 is 0 Å². The van der Waals surface area contributed by atoms with E-state index < -0.39 is 0 Å². The fourth-order valence-corrected chi connectivity index (χ4v) is 2.37. The first-order valence-electron chi connectivity index (χ1n) is 5.97. The van der Waals surface area contributed by atoms with Crippen molar-refractivity contribution >= 4 is 0 Å². The third-order valence-electron chi connectivity index (χ3n) is 3.58. The fourth-order valence-electron chi connectivity index (χ4n) is 2.37. The quantitative estimate of drug-likeness (QED) is 0.818. The predicted octanol–water partition coefficient (Wildman–Crippen LogP) is 2.53. The summed E-state index contributed by atoms with van der Waals surface area (Å²) in [6.45, 7) is 9.49. The molecule has 0 saturated carbocycles. The van der Waals surface area contributed by atoms with E-state index >= 15 is 0 Å². The number of rotatable bonds is 4. The van der Waals surface area contributed by atoms with Crippen molar-refractivity contribution in [1.82, 2.24) is 5.32 Å². The fraction of sp³-hybridized carbons (Fsp3) is 0.571. The first-order chi connectivity index (χ1) is 7.52. The van der Waals surface area contributed by atoms with E-state index in [9.17, 15) is 0 Å². The second-order valence-electron chi connectivity index (χ2n) is 4.59. The van der Waals surface area contributed by atoms with Crippen LogP contribution in [0, 0.1) is 27.7 Å². The number of hydrogen-bond donors (Lipinski definition) is 2. The Hall–Kier alpha value is -0.860. The van der Waals surface area contributed by atoms with Gasteiger partial charge in [-0.25, -0.2) is 0 Å². The van der Waals surface area contributed by atoms with E-state index in [1.807, 2.05) is 7.05 Å². The maximum Gasteiger partial charge on any atom is 0.0335 e. The molecule has 1 aromatic rings. The van der Waals surface area contributed by atoms with E-state index in [1.165, 1.54) is 27.8 Å². The summed E-state index contributed by atoms with van der Waals surface area (Å²) in [6, 6.07) is 2.65. The molecule has 1 atom stereocenters. The molecular weight excluding hydrogens is 196 g/mol. The predicted molar refractivity (Wildman–Crippen MR) is 70.9 cm³/mol. The molecule has 0 aromatic heterocycles. The van der Waals surface area contributed by atoms with Crippen LogP contribution < -0.4 is 11.1 Å². The second kappa shape index (κ2) is 5.46. The van der Waals surface area contributed by atoms with Crippen molar-refractivity contribution in [2.24, 2.45) is 5.73 Å². The Labute approximate surface area is 99.2 Å². The van der Waals surface area contributed by atoms with E-state index in [0.29, 0.717) is 6.04 Å². The summed E-state index contributed by atoms with van der Waals surface area (Å²) in [5, 5.41) is 3.38. The van der Waals surface area contributed by atoms with Crippen LogP contribution in [0.4, 0.5) is 0 Å². The van der Waals surface area contributed by atoms with Gasteiger partial charge in [0, 0.05) is 6.04 Å². The molecular formula is C14H24N2. The Morgan fingerprint density at radius 2 is 1.62 bits per heavy atom. The smallest absolute Gasteiger partial charge is 0.0335 e. The summed E-state index contributed by atoms with van der Waals surface area (Å²) in [5.74, 6) is 0. The van der Waals surface area contributed by atoms with Crippen molar-refractivity contribution in [3.63, 3.8) is 0 Å². The average molecular weight is 220 g/mol. The summed E-state index contributed by atoms with van der Waals surface area (Å²) in [5.41, 5.74) is 12.7.